The Labute approximate surface area is 184 Å². The highest BCUT2D eigenvalue weighted by molar-refractivity contribution is 5.98. The predicted octanol–water partition coefficient (Wildman–Crippen LogP) is 1.68. The minimum Gasteiger partial charge on any atom is -0.480 e. The van der Waals surface area contributed by atoms with Crippen molar-refractivity contribution >= 4 is 23.6 Å². The van der Waals surface area contributed by atoms with E-state index in [1.54, 1.807) is 12.1 Å². The van der Waals surface area contributed by atoms with Crippen LogP contribution < -0.4 is 15.4 Å². The van der Waals surface area contributed by atoms with Gasteiger partial charge in [-0.3, -0.25) is 4.79 Å². The molecule has 0 saturated heterocycles. The SMILES string of the molecule is N#Cc1cccc2c1CC(CNCCC1=NC(c3ccc4c(n3)NC(=O)CO4)C(=O)O1)C2. The number of ether oxygens (including phenoxy) is 2. The zero-order valence-corrected chi connectivity index (χ0v) is 17.3. The van der Waals surface area contributed by atoms with E-state index >= 15 is 0 Å². The lowest BCUT2D eigenvalue weighted by Gasteiger charge is -2.17. The smallest absolute Gasteiger partial charge is 0.343 e. The van der Waals surface area contributed by atoms with Crippen molar-refractivity contribution in [2.75, 3.05) is 25.0 Å². The van der Waals surface area contributed by atoms with Gasteiger partial charge in [-0.15, -0.1) is 0 Å². The fourth-order valence-corrected chi connectivity index (χ4v) is 4.32. The Balaban J connectivity index is 1.14. The van der Waals surface area contributed by atoms with Gasteiger partial charge in [-0.05, 0) is 54.6 Å². The number of amides is 1. The highest BCUT2D eigenvalue weighted by Crippen LogP contribution is 2.31. The molecule has 9 heteroatoms. The Morgan fingerprint density at radius 3 is 3.00 bits per heavy atom. The number of rotatable bonds is 6. The third-order valence-electron chi connectivity index (χ3n) is 5.83. The van der Waals surface area contributed by atoms with Gasteiger partial charge in [0, 0.05) is 13.0 Å². The number of hydrogen-bond acceptors (Lipinski definition) is 8. The molecule has 32 heavy (non-hydrogen) atoms. The number of benzene rings is 1. The summed E-state index contributed by atoms with van der Waals surface area (Å²) in [6, 6.07) is 10.7. The Hall–Kier alpha value is -3.77. The van der Waals surface area contributed by atoms with E-state index in [0.717, 1.165) is 30.5 Å². The van der Waals surface area contributed by atoms with Crippen LogP contribution >= 0.6 is 0 Å². The molecule has 2 N–H and O–H groups in total. The maximum atomic E-state index is 12.3. The van der Waals surface area contributed by atoms with Crippen molar-refractivity contribution in [1.29, 1.82) is 5.26 Å². The summed E-state index contributed by atoms with van der Waals surface area (Å²) < 4.78 is 10.6. The number of aliphatic imine (C=N–C) groups is 1. The van der Waals surface area contributed by atoms with Gasteiger partial charge in [-0.2, -0.15) is 5.26 Å². The third-order valence-corrected chi connectivity index (χ3v) is 5.83. The van der Waals surface area contributed by atoms with Crippen LogP contribution in [0.25, 0.3) is 0 Å². The van der Waals surface area contributed by atoms with Crippen LogP contribution in [0.4, 0.5) is 5.82 Å². The standard InChI is InChI=1S/C23H21N5O4/c24-10-15-3-1-2-14-8-13(9-16(14)15)11-25-7-6-20-28-21(23(30)32-20)17-4-5-18-22(26-17)27-19(29)12-31-18/h1-5,13,21,25H,6-9,11-12H2,(H,26,27,29). The molecule has 5 rings (SSSR count). The summed E-state index contributed by atoms with van der Waals surface area (Å²) in [7, 11) is 0. The van der Waals surface area contributed by atoms with Crippen LogP contribution in [-0.4, -0.2) is 42.5 Å². The number of carbonyl (C=O) groups is 2. The molecular weight excluding hydrogens is 410 g/mol. The number of pyridine rings is 1. The Bertz CT molecular complexity index is 1170. The number of carbonyl (C=O) groups excluding carboxylic acids is 2. The maximum Gasteiger partial charge on any atom is 0.343 e. The van der Waals surface area contributed by atoms with Gasteiger partial charge in [-0.1, -0.05) is 12.1 Å². The van der Waals surface area contributed by atoms with E-state index < -0.39 is 12.0 Å². The molecule has 0 bridgehead atoms. The summed E-state index contributed by atoms with van der Waals surface area (Å²) in [4.78, 5) is 32.5. The normalized spacial score (nSPS) is 21.0. The minimum absolute atomic E-state index is 0.0543. The third kappa shape index (κ3) is 3.92. The van der Waals surface area contributed by atoms with Gasteiger partial charge in [0.2, 0.25) is 0 Å². The van der Waals surface area contributed by atoms with Crippen LogP contribution in [0.15, 0.2) is 35.3 Å². The molecule has 2 unspecified atom stereocenters. The second kappa shape index (κ2) is 8.40. The molecule has 1 aromatic carbocycles. The van der Waals surface area contributed by atoms with Crippen LogP contribution in [0.5, 0.6) is 5.75 Å². The molecule has 0 spiro atoms. The minimum atomic E-state index is -0.845. The van der Waals surface area contributed by atoms with Gasteiger partial charge in [0.15, 0.2) is 30.1 Å². The molecular formula is C23H21N5O4. The summed E-state index contributed by atoms with van der Waals surface area (Å²) in [5.41, 5.74) is 3.59. The first-order chi connectivity index (χ1) is 15.6. The van der Waals surface area contributed by atoms with Crippen LogP contribution in [0.1, 0.15) is 34.8 Å². The van der Waals surface area contributed by atoms with Crippen molar-refractivity contribution in [1.82, 2.24) is 10.3 Å². The average Bonchev–Trinajstić information content (AvgIpc) is 3.38. The number of esters is 1. The van der Waals surface area contributed by atoms with E-state index in [0.29, 0.717) is 36.2 Å². The molecule has 1 aliphatic carbocycles. The van der Waals surface area contributed by atoms with Gasteiger partial charge in [-0.25, -0.2) is 14.8 Å². The molecule has 2 atom stereocenters. The number of nitrogens with zero attached hydrogens (tertiary/aromatic N) is 3. The van der Waals surface area contributed by atoms with Gasteiger partial charge in [0.05, 0.1) is 17.3 Å². The highest BCUT2D eigenvalue weighted by atomic mass is 16.6. The zero-order valence-electron chi connectivity index (χ0n) is 17.3. The van der Waals surface area contributed by atoms with Gasteiger partial charge in [0.1, 0.15) is 0 Å². The van der Waals surface area contributed by atoms with Crippen molar-refractivity contribution in [2.24, 2.45) is 10.9 Å². The fraction of sp³-hybridized carbons (Fsp3) is 0.348. The quantitative estimate of drug-likeness (QED) is 0.526. The molecule has 2 aliphatic heterocycles. The fourth-order valence-electron chi connectivity index (χ4n) is 4.32. The molecule has 0 radical (unpaired) electrons. The number of hydrogen-bond donors (Lipinski definition) is 2. The summed E-state index contributed by atoms with van der Waals surface area (Å²) in [6.45, 7) is 1.38. The Morgan fingerprint density at radius 1 is 1.22 bits per heavy atom. The van der Waals surface area contributed by atoms with E-state index in [1.807, 2.05) is 12.1 Å². The van der Waals surface area contributed by atoms with Crippen molar-refractivity contribution in [3.8, 4) is 11.8 Å². The second-order valence-electron chi connectivity index (χ2n) is 8.05. The number of nitriles is 1. The van der Waals surface area contributed by atoms with E-state index in [4.69, 9.17) is 9.47 Å². The van der Waals surface area contributed by atoms with Gasteiger partial charge in [0.25, 0.3) is 5.91 Å². The molecule has 0 saturated carbocycles. The first-order valence-electron chi connectivity index (χ1n) is 10.5. The van der Waals surface area contributed by atoms with Crippen LogP contribution in [0, 0.1) is 17.2 Å². The first-order valence-corrected chi connectivity index (χ1v) is 10.5. The molecule has 2 aromatic rings. The van der Waals surface area contributed by atoms with Crippen LogP contribution in [0.2, 0.25) is 0 Å². The summed E-state index contributed by atoms with van der Waals surface area (Å²) in [5, 5.41) is 15.3. The maximum absolute atomic E-state index is 12.3. The summed E-state index contributed by atoms with van der Waals surface area (Å²) in [5.74, 6) is 0.788. The molecule has 162 valence electrons. The van der Waals surface area contributed by atoms with Crippen molar-refractivity contribution in [3.63, 3.8) is 0 Å². The number of nitrogens with one attached hydrogen (secondary N) is 2. The lowest BCUT2D eigenvalue weighted by Crippen LogP contribution is -2.26. The average molecular weight is 431 g/mol. The monoisotopic (exact) mass is 431 g/mol. The van der Waals surface area contributed by atoms with Crippen LogP contribution in [-0.2, 0) is 27.2 Å². The summed E-state index contributed by atoms with van der Waals surface area (Å²) in [6.07, 6.45) is 2.34. The molecule has 3 heterocycles. The molecule has 9 nitrogen and oxygen atoms in total. The van der Waals surface area contributed by atoms with Crippen molar-refractivity contribution < 1.29 is 19.1 Å². The van der Waals surface area contributed by atoms with E-state index in [-0.39, 0.29) is 18.3 Å². The lowest BCUT2D eigenvalue weighted by molar-refractivity contribution is -0.135. The van der Waals surface area contributed by atoms with Crippen LogP contribution in [0.3, 0.4) is 0 Å². The number of fused-ring (bicyclic) bond motifs is 2. The molecule has 1 amide bonds. The highest BCUT2D eigenvalue weighted by Gasteiger charge is 2.32. The van der Waals surface area contributed by atoms with Gasteiger partial charge < -0.3 is 20.1 Å². The van der Waals surface area contributed by atoms with E-state index in [2.05, 4.69) is 32.7 Å². The largest absolute Gasteiger partial charge is 0.480 e. The predicted molar refractivity (Wildman–Crippen MR) is 114 cm³/mol. The molecule has 1 aromatic heterocycles. The van der Waals surface area contributed by atoms with Gasteiger partial charge >= 0.3 is 5.97 Å². The summed E-state index contributed by atoms with van der Waals surface area (Å²) >= 11 is 0. The number of anilines is 1. The lowest BCUT2D eigenvalue weighted by atomic mass is 10.0. The second-order valence-corrected chi connectivity index (χ2v) is 8.05. The molecule has 0 fully saturated rings. The van der Waals surface area contributed by atoms with Crippen molar-refractivity contribution in [2.45, 2.75) is 25.3 Å². The zero-order chi connectivity index (χ0) is 22.1. The van der Waals surface area contributed by atoms with Crippen molar-refractivity contribution in [3.05, 3.63) is 52.7 Å². The Kier molecular flexibility index (Phi) is 5.29. The van der Waals surface area contributed by atoms with E-state index in [1.165, 1.54) is 5.56 Å². The molecule has 3 aliphatic rings. The van der Waals surface area contributed by atoms with E-state index in [9.17, 15) is 14.9 Å². The Morgan fingerprint density at radius 2 is 2.12 bits per heavy atom. The number of cyclic esters (lactones) is 1. The number of aromatic nitrogens is 1. The topological polar surface area (TPSA) is 126 Å². The first kappa shape index (κ1) is 20.2.